The van der Waals surface area contributed by atoms with Gasteiger partial charge in [0.1, 0.15) is 0 Å². The minimum absolute atomic E-state index is 0. The molecule has 0 amide bonds. The molecule has 1 saturated heterocycles. The number of rotatable bonds is 6. The van der Waals surface area contributed by atoms with Crippen LogP contribution in [0.5, 0.6) is 0 Å². The van der Waals surface area contributed by atoms with E-state index >= 15 is 0 Å². The largest absolute Gasteiger partial charge is 0.434 e. The number of guanidine groups is 1. The molecule has 0 aromatic carbocycles. The Morgan fingerprint density at radius 3 is 2.62 bits per heavy atom. The third-order valence-corrected chi connectivity index (χ3v) is 4.25. The molecule has 24 heavy (non-hydrogen) atoms. The van der Waals surface area contributed by atoms with E-state index in [1.54, 1.807) is 0 Å². The van der Waals surface area contributed by atoms with E-state index in [1.807, 2.05) is 6.92 Å². The summed E-state index contributed by atoms with van der Waals surface area (Å²) in [6.07, 6.45) is -3.95. The molecule has 0 atom stereocenters. The lowest BCUT2D eigenvalue weighted by atomic mass is 9.89. The van der Waals surface area contributed by atoms with Gasteiger partial charge in [0.15, 0.2) is 11.7 Å². The van der Waals surface area contributed by atoms with Crippen molar-refractivity contribution >= 4 is 41.3 Å². The number of halogens is 4. The number of hydrogen-bond donors (Lipinski definition) is 2. The van der Waals surface area contributed by atoms with E-state index in [9.17, 15) is 13.2 Å². The summed E-state index contributed by atoms with van der Waals surface area (Å²) in [4.78, 5) is 8.11. The maximum Gasteiger partial charge on any atom is 0.434 e. The lowest BCUT2D eigenvalue weighted by molar-refractivity contribution is -0.140. The van der Waals surface area contributed by atoms with E-state index in [2.05, 4.69) is 27.5 Å². The number of thiazole rings is 1. The van der Waals surface area contributed by atoms with Crippen LogP contribution in [-0.2, 0) is 17.3 Å². The smallest absolute Gasteiger partial charge is 0.380 e. The Morgan fingerprint density at radius 1 is 1.42 bits per heavy atom. The third kappa shape index (κ3) is 6.36. The van der Waals surface area contributed by atoms with Gasteiger partial charge in [0.2, 0.25) is 0 Å². The number of ether oxygens (including phenoxy) is 1. The maximum atomic E-state index is 12.5. The molecule has 0 spiro atoms. The molecule has 2 rings (SSSR count). The first-order valence-electron chi connectivity index (χ1n) is 7.44. The Kier molecular flexibility index (Phi) is 8.20. The molecule has 0 aliphatic carbocycles. The summed E-state index contributed by atoms with van der Waals surface area (Å²) in [6.45, 7) is 7.32. The van der Waals surface area contributed by atoms with Crippen LogP contribution in [0.25, 0.3) is 0 Å². The second-order valence-electron chi connectivity index (χ2n) is 5.80. The van der Waals surface area contributed by atoms with Gasteiger partial charge >= 0.3 is 6.18 Å². The summed E-state index contributed by atoms with van der Waals surface area (Å²) < 4.78 is 42.7. The van der Waals surface area contributed by atoms with Gasteiger partial charge in [-0.2, -0.15) is 13.2 Å². The van der Waals surface area contributed by atoms with Crippen LogP contribution in [0.1, 0.15) is 24.5 Å². The molecule has 2 heterocycles. The molecule has 1 aliphatic rings. The van der Waals surface area contributed by atoms with Gasteiger partial charge < -0.3 is 15.4 Å². The van der Waals surface area contributed by atoms with E-state index < -0.39 is 11.9 Å². The summed E-state index contributed by atoms with van der Waals surface area (Å²) >= 11 is 1.02. The van der Waals surface area contributed by atoms with Crippen LogP contribution in [-0.4, -0.2) is 43.8 Å². The van der Waals surface area contributed by atoms with E-state index in [4.69, 9.17) is 4.74 Å². The summed E-state index contributed by atoms with van der Waals surface area (Å²) in [5.74, 6) is 0.660. The zero-order chi connectivity index (χ0) is 16.9. The number of aliphatic imine (C=N–C) groups is 1. The highest BCUT2D eigenvalue weighted by Crippen LogP contribution is 2.30. The highest BCUT2D eigenvalue weighted by molar-refractivity contribution is 14.0. The minimum Gasteiger partial charge on any atom is -0.380 e. The molecule has 1 aromatic heterocycles. The first kappa shape index (κ1) is 21.4. The minimum atomic E-state index is -4.38. The molecular weight excluding hydrogens is 456 g/mol. The number of nitrogens with one attached hydrogen (secondary N) is 2. The molecule has 1 aromatic rings. The molecule has 0 bridgehead atoms. The van der Waals surface area contributed by atoms with Crippen molar-refractivity contribution in [1.82, 2.24) is 15.6 Å². The van der Waals surface area contributed by atoms with Crippen LogP contribution in [0.4, 0.5) is 13.2 Å². The van der Waals surface area contributed by atoms with Crippen molar-refractivity contribution in [3.63, 3.8) is 0 Å². The Morgan fingerprint density at radius 2 is 2.12 bits per heavy atom. The van der Waals surface area contributed by atoms with E-state index in [-0.39, 0.29) is 29.4 Å². The highest BCUT2D eigenvalue weighted by Gasteiger charge is 2.34. The van der Waals surface area contributed by atoms with E-state index in [1.165, 1.54) is 0 Å². The summed E-state index contributed by atoms with van der Waals surface area (Å²) in [7, 11) is 0. The first-order chi connectivity index (χ1) is 10.8. The van der Waals surface area contributed by atoms with Crippen LogP contribution in [0.3, 0.4) is 0 Å². The first-order valence-corrected chi connectivity index (χ1v) is 8.32. The van der Waals surface area contributed by atoms with Crippen molar-refractivity contribution in [3.8, 4) is 0 Å². The van der Waals surface area contributed by atoms with Gasteiger partial charge in [-0.25, -0.2) is 4.98 Å². The molecule has 2 N–H and O–H groups in total. The lowest BCUT2D eigenvalue weighted by Crippen LogP contribution is -2.44. The van der Waals surface area contributed by atoms with Gasteiger partial charge in [0, 0.05) is 30.3 Å². The van der Waals surface area contributed by atoms with Crippen molar-refractivity contribution in [2.75, 3.05) is 32.8 Å². The summed E-state index contributed by atoms with van der Waals surface area (Å²) in [5, 5.41) is 7.75. The van der Waals surface area contributed by atoms with Gasteiger partial charge in [0.05, 0.1) is 24.8 Å². The van der Waals surface area contributed by atoms with Crippen LogP contribution >= 0.6 is 35.3 Å². The Hall–Kier alpha value is -0.620. The molecule has 0 radical (unpaired) electrons. The average molecular weight is 478 g/mol. The second-order valence-corrected chi connectivity index (χ2v) is 6.74. The quantitative estimate of drug-likeness (QED) is 0.375. The number of alkyl halides is 3. The SMILES string of the molecule is CCNC(=NCC1(C)COC1)NCCc1nc(C(F)(F)F)cs1.I. The predicted octanol–water partition coefficient (Wildman–Crippen LogP) is 2.91. The van der Waals surface area contributed by atoms with E-state index in [0.717, 1.165) is 16.7 Å². The van der Waals surface area contributed by atoms with Gasteiger partial charge in [-0.05, 0) is 6.92 Å². The van der Waals surface area contributed by atoms with Crippen LogP contribution in [0, 0.1) is 5.41 Å². The number of aromatic nitrogens is 1. The van der Waals surface area contributed by atoms with Crippen molar-refractivity contribution in [2.45, 2.75) is 26.4 Å². The zero-order valence-corrected chi connectivity index (χ0v) is 16.7. The Bertz CT molecular complexity index is 546. The molecule has 5 nitrogen and oxygen atoms in total. The molecular formula is C14H22F3IN4OS. The maximum absolute atomic E-state index is 12.5. The standard InChI is InChI=1S/C14H21F3N4OS.HI/c1-3-18-12(20-7-13(2)8-22-9-13)19-5-4-11-21-10(6-23-11)14(15,16)17;/h6H,3-5,7-9H2,1-2H3,(H2,18,19,20);1H. The third-order valence-electron chi connectivity index (χ3n) is 3.34. The van der Waals surface area contributed by atoms with Gasteiger partial charge in [-0.3, -0.25) is 4.99 Å². The fourth-order valence-electron chi connectivity index (χ4n) is 2.00. The molecule has 0 unspecified atom stereocenters. The lowest BCUT2D eigenvalue weighted by Gasteiger charge is -2.36. The van der Waals surface area contributed by atoms with Crippen LogP contribution in [0.15, 0.2) is 10.4 Å². The number of nitrogens with zero attached hydrogens (tertiary/aromatic N) is 2. The van der Waals surface area contributed by atoms with Crippen molar-refractivity contribution in [2.24, 2.45) is 10.4 Å². The monoisotopic (exact) mass is 478 g/mol. The number of hydrogen-bond acceptors (Lipinski definition) is 4. The molecule has 1 fully saturated rings. The molecule has 1 aliphatic heterocycles. The van der Waals surface area contributed by atoms with Crippen LogP contribution < -0.4 is 10.6 Å². The second kappa shape index (κ2) is 9.18. The zero-order valence-electron chi connectivity index (χ0n) is 13.6. The van der Waals surface area contributed by atoms with Crippen molar-refractivity contribution in [3.05, 3.63) is 16.1 Å². The predicted molar refractivity (Wildman–Crippen MR) is 99.1 cm³/mol. The summed E-state index contributed by atoms with van der Waals surface area (Å²) in [6, 6.07) is 0. The molecule has 0 saturated carbocycles. The van der Waals surface area contributed by atoms with Crippen molar-refractivity contribution in [1.29, 1.82) is 0 Å². The topological polar surface area (TPSA) is 58.5 Å². The average Bonchev–Trinajstić information content (AvgIpc) is 2.91. The summed E-state index contributed by atoms with van der Waals surface area (Å²) in [5.41, 5.74) is -0.741. The van der Waals surface area contributed by atoms with Crippen molar-refractivity contribution < 1.29 is 17.9 Å². The van der Waals surface area contributed by atoms with Gasteiger partial charge in [-0.1, -0.05) is 6.92 Å². The normalized spacial score (nSPS) is 17.0. The Labute approximate surface area is 160 Å². The fourth-order valence-corrected chi connectivity index (χ4v) is 2.80. The molecule has 138 valence electrons. The fraction of sp³-hybridized carbons (Fsp3) is 0.714. The van der Waals surface area contributed by atoms with Gasteiger partial charge in [-0.15, -0.1) is 35.3 Å². The van der Waals surface area contributed by atoms with Crippen LogP contribution in [0.2, 0.25) is 0 Å². The molecule has 10 heteroatoms. The Balaban J connectivity index is 0.00000288. The van der Waals surface area contributed by atoms with E-state index in [0.29, 0.717) is 50.2 Å². The van der Waals surface area contributed by atoms with Gasteiger partial charge in [0.25, 0.3) is 0 Å². The highest BCUT2D eigenvalue weighted by atomic mass is 127.